The molecule has 1 aromatic heterocycles. The summed E-state index contributed by atoms with van der Waals surface area (Å²) in [6.45, 7) is 2.08. The standard InChI is InChI=1S/C18H16N4O2S/c1-11-16(12-6-8-14(23)9-7-12)21-22-17(19-20-18(22)25-11)13-4-3-5-15(10-13)24-2/h3-11,23H,1-2H3/t11-/m0/s1. The highest BCUT2D eigenvalue weighted by Gasteiger charge is 2.26. The van der Waals surface area contributed by atoms with Crippen molar-refractivity contribution in [3.8, 4) is 22.9 Å². The zero-order chi connectivity index (χ0) is 17.4. The Labute approximate surface area is 149 Å². The molecular weight excluding hydrogens is 336 g/mol. The van der Waals surface area contributed by atoms with Crippen LogP contribution in [0.3, 0.4) is 0 Å². The van der Waals surface area contributed by atoms with Crippen LogP contribution >= 0.6 is 11.8 Å². The number of hydrogen-bond acceptors (Lipinski definition) is 6. The Morgan fingerprint density at radius 1 is 1.08 bits per heavy atom. The van der Waals surface area contributed by atoms with Crippen LogP contribution in [0.5, 0.6) is 11.5 Å². The zero-order valence-electron chi connectivity index (χ0n) is 13.7. The number of phenolic OH excluding ortho intramolecular Hbond substituents is 1. The zero-order valence-corrected chi connectivity index (χ0v) is 14.6. The summed E-state index contributed by atoms with van der Waals surface area (Å²) in [7, 11) is 1.64. The van der Waals surface area contributed by atoms with Gasteiger partial charge in [0, 0.05) is 5.56 Å². The number of aromatic nitrogens is 3. The van der Waals surface area contributed by atoms with Gasteiger partial charge in [0.15, 0.2) is 5.82 Å². The quantitative estimate of drug-likeness (QED) is 0.782. The van der Waals surface area contributed by atoms with Gasteiger partial charge in [0.1, 0.15) is 11.5 Å². The van der Waals surface area contributed by atoms with Crippen molar-refractivity contribution in [2.24, 2.45) is 5.10 Å². The molecule has 3 aromatic rings. The lowest BCUT2D eigenvalue weighted by atomic mass is 10.1. The molecule has 4 rings (SSSR count). The summed E-state index contributed by atoms with van der Waals surface area (Å²) < 4.78 is 7.06. The van der Waals surface area contributed by atoms with Gasteiger partial charge in [-0.25, -0.2) is 0 Å². The molecule has 1 N–H and O–H groups in total. The van der Waals surface area contributed by atoms with Gasteiger partial charge >= 0.3 is 0 Å². The molecule has 0 fully saturated rings. The first-order valence-corrected chi connectivity index (χ1v) is 8.68. The van der Waals surface area contributed by atoms with E-state index < -0.39 is 0 Å². The monoisotopic (exact) mass is 352 g/mol. The molecule has 25 heavy (non-hydrogen) atoms. The summed E-state index contributed by atoms with van der Waals surface area (Å²) in [6.07, 6.45) is 0. The molecule has 2 heterocycles. The number of hydrogen-bond donors (Lipinski definition) is 1. The summed E-state index contributed by atoms with van der Waals surface area (Å²) in [6, 6.07) is 14.7. The van der Waals surface area contributed by atoms with E-state index >= 15 is 0 Å². The molecule has 126 valence electrons. The largest absolute Gasteiger partial charge is 0.508 e. The van der Waals surface area contributed by atoms with Crippen molar-refractivity contribution in [2.75, 3.05) is 7.11 Å². The number of benzene rings is 2. The fourth-order valence-corrected chi connectivity index (χ4v) is 3.63. The van der Waals surface area contributed by atoms with E-state index in [2.05, 4.69) is 17.1 Å². The molecule has 0 amide bonds. The van der Waals surface area contributed by atoms with Crippen LogP contribution < -0.4 is 4.74 Å². The van der Waals surface area contributed by atoms with Gasteiger partial charge in [0.2, 0.25) is 5.16 Å². The van der Waals surface area contributed by atoms with Crippen LogP contribution in [0, 0.1) is 0 Å². The second-order valence-electron chi connectivity index (χ2n) is 5.64. The fourth-order valence-electron chi connectivity index (χ4n) is 2.70. The maximum absolute atomic E-state index is 9.51. The predicted molar refractivity (Wildman–Crippen MR) is 97.4 cm³/mol. The lowest BCUT2D eigenvalue weighted by Crippen LogP contribution is -2.21. The third-order valence-electron chi connectivity index (χ3n) is 3.98. The number of ether oxygens (including phenoxy) is 1. The SMILES string of the molecule is COc1cccc(-c2nnc3n2N=C(c2ccc(O)cc2)[C@H](C)S3)c1. The second kappa shape index (κ2) is 6.25. The second-order valence-corrected chi connectivity index (χ2v) is 6.95. The lowest BCUT2D eigenvalue weighted by molar-refractivity contribution is 0.415. The van der Waals surface area contributed by atoms with Crippen molar-refractivity contribution in [1.29, 1.82) is 0 Å². The van der Waals surface area contributed by atoms with Crippen molar-refractivity contribution in [3.63, 3.8) is 0 Å². The number of thioether (sulfide) groups is 1. The Kier molecular flexibility index (Phi) is 3.93. The van der Waals surface area contributed by atoms with Gasteiger partial charge in [-0.15, -0.1) is 10.2 Å². The molecule has 0 aliphatic carbocycles. The number of methoxy groups -OCH3 is 1. The highest BCUT2D eigenvalue weighted by atomic mass is 32.2. The van der Waals surface area contributed by atoms with Gasteiger partial charge in [0.05, 0.1) is 18.1 Å². The molecule has 1 aliphatic rings. The van der Waals surface area contributed by atoms with Gasteiger partial charge in [0.25, 0.3) is 0 Å². The van der Waals surface area contributed by atoms with E-state index in [1.54, 1.807) is 35.7 Å². The Morgan fingerprint density at radius 2 is 1.88 bits per heavy atom. The van der Waals surface area contributed by atoms with E-state index in [-0.39, 0.29) is 11.0 Å². The van der Waals surface area contributed by atoms with Gasteiger partial charge in [-0.3, -0.25) is 0 Å². The Bertz CT molecular complexity index is 950. The van der Waals surface area contributed by atoms with Crippen LogP contribution in [0.15, 0.2) is 58.8 Å². The van der Waals surface area contributed by atoms with Crippen molar-refractivity contribution in [3.05, 3.63) is 54.1 Å². The molecular formula is C18H16N4O2S. The summed E-state index contributed by atoms with van der Waals surface area (Å²) in [5.41, 5.74) is 2.78. The normalized spacial score (nSPS) is 16.2. The number of fused-ring (bicyclic) bond motifs is 1. The van der Waals surface area contributed by atoms with Crippen molar-refractivity contribution < 1.29 is 9.84 Å². The maximum atomic E-state index is 9.51. The first-order valence-electron chi connectivity index (χ1n) is 7.80. The minimum Gasteiger partial charge on any atom is -0.508 e. The van der Waals surface area contributed by atoms with Gasteiger partial charge in [-0.1, -0.05) is 23.9 Å². The Morgan fingerprint density at radius 3 is 2.64 bits per heavy atom. The average Bonchev–Trinajstić information content (AvgIpc) is 3.04. The fraction of sp³-hybridized carbons (Fsp3) is 0.167. The van der Waals surface area contributed by atoms with Gasteiger partial charge < -0.3 is 9.84 Å². The van der Waals surface area contributed by atoms with E-state index in [4.69, 9.17) is 9.84 Å². The van der Waals surface area contributed by atoms with E-state index in [9.17, 15) is 5.11 Å². The van der Waals surface area contributed by atoms with Gasteiger partial charge in [-0.2, -0.15) is 9.78 Å². The van der Waals surface area contributed by atoms with Crippen molar-refractivity contribution >= 4 is 17.5 Å². The predicted octanol–water partition coefficient (Wildman–Crippen LogP) is 3.41. The average molecular weight is 352 g/mol. The van der Waals surface area contributed by atoms with Crippen molar-refractivity contribution in [2.45, 2.75) is 17.3 Å². The molecule has 0 saturated heterocycles. The number of rotatable bonds is 3. The highest BCUT2D eigenvalue weighted by Crippen LogP contribution is 2.33. The Balaban J connectivity index is 1.81. The maximum Gasteiger partial charge on any atom is 0.213 e. The molecule has 0 spiro atoms. The molecule has 0 radical (unpaired) electrons. The topological polar surface area (TPSA) is 72.5 Å². The molecule has 1 aliphatic heterocycles. The highest BCUT2D eigenvalue weighted by molar-refractivity contribution is 8.00. The summed E-state index contributed by atoms with van der Waals surface area (Å²) >= 11 is 1.61. The number of phenols is 1. The molecule has 0 bridgehead atoms. The molecule has 1 atom stereocenters. The van der Waals surface area contributed by atoms with Crippen LogP contribution in [0.1, 0.15) is 12.5 Å². The third-order valence-corrected chi connectivity index (χ3v) is 5.02. The minimum atomic E-state index is 0.138. The number of nitrogens with zero attached hydrogens (tertiary/aromatic N) is 4. The smallest absolute Gasteiger partial charge is 0.213 e. The van der Waals surface area contributed by atoms with Gasteiger partial charge in [-0.05, 0) is 48.9 Å². The third kappa shape index (κ3) is 2.87. The molecule has 2 aromatic carbocycles. The van der Waals surface area contributed by atoms with Crippen LogP contribution in [-0.2, 0) is 0 Å². The Hall–Kier alpha value is -2.80. The molecule has 7 heteroatoms. The summed E-state index contributed by atoms with van der Waals surface area (Å²) in [5.74, 6) is 1.67. The van der Waals surface area contributed by atoms with Crippen LogP contribution in [-0.4, -0.2) is 38.1 Å². The van der Waals surface area contributed by atoms with E-state index in [0.29, 0.717) is 5.82 Å². The molecule has 0 unspecified atom stereocenters. The van der Waals surface area contributed by atoms with E-state index in [0.717, 1.165) is 27.7 Å². The van der Waals surface area contributed by atoms with E-state index in [1.165, 1.54) is 0 Å². The lowest BCUT2D eigenvalue weighted by Gasteiger charge is -2.20. The van der Waals surface area contributed by atoms with Crippen molar-refractivity contribution in [1.82, 2.24) is 14.9 Å². The van der Waals surface area contributed by atoms with Crippen LogP contribution in [0.2, 0.25) is 0 Å². The molecule has 0 saturated carbocycles. The first kappa shape index (κ1) is 15.7. The van der Waals surface area contributed by atoms with Crippen LogP contribution in [0.25, 0.3) is 11.4 Å². The summed E-state index contributed by atoms with van der Waals surface area (Å²) in [5, 5.41) is 23.8. The minimum absolute atomic E-state index is 0.138. The van der Waals surface area contributed by atoms with E-state index in [1.807, 2.05) is 36.4 Å². The molecule has 6 nitrogen and oxygen atoms in total. The number of aromatic hydroxyl groups is 1. The van der Waals surface area contributed by atoms with Crippen LogP contribution in [0.4, 0.5) is 0 Å². The summed E-state index contributed by atoms with van der Waals surface area (Å²) in [4.78, 5) is 0. The first-order chi connectivity index (χ1) is 12.2.